The Kier molecular flexibility index (Phi) is 5.73. The zero-order valence-electron chi connectivity index (χ0n) is 13.3. The molecule has 2 aromatic carbocycles. The molecule has 136 valence electrons. The summed E-state index contributed by atoms with van der Waals surface area (Å²) < 4.78 is 36.7. The van der Waals surface area contributed by atoms with Gasteiger partial charge in [0.1, 0.15) is 10.8 Å². The molecular weight excluding hydrogens is 387 g/mol. The van der Waals surface area contributed by atoms with Crippen molar-refractivity contribution < 1.29 is 22.5 Å². The van der Waals surface area contributed by atoms with Gasteiger partial charge in [0.15, 0.2) is 9.84 Å². The van der Waals surface area contributed by atoms with Gasteiger partial charge >= 0.3 is 0 Å². The van der Waals surface area contributed by atoms with E-state index in [0.29, 0.717) is 5.56 Å². The smallest absolute Gasteiger partial charge is 0.288 e. The highest BCUT2D eigenvalue weighted by atomic mass is 35.5. The molecule has 26 heavy (non-hydrogen) atoms. The van der Waals surface area contributed by atoms with Crippen LogP contribution >= 0.6 is 11.6 Å². The van der Waals surface area contributed by atoms with Crippen LogP contribution in [0.3, 0.4) is 0 Å². The summed E-state index contributed by atoms with van der Waals surface area (Å²) >= 11 is 5.69. The maximum atomic E-state index is 13.7. The van der Waals surface area contributed by atoms with Gasteiger partial charge < -0.3 is 5.32 Å². The molecule has 1 amide bonds. The number of amides is 1. The van der Waals surface area contributed by atoms with E-state index in [0.717, 1.165) is 30.5 Å². The average molecular weight is 399 g/mol. The fourth-order valence-corrected chi connectivity index (χ4v) is 2.78. The van der Waals surface area contributed by atoms with Crippen LogP contribution in [-0.2, 0) is 14.6 Å². The van der Waals surface area contributed by atoms with Crippen LogP contribution < -0.4 is 5.32 Å². The summed E-state index contributed by atoms with van der Waals surface area (Å²) in [5, 5.41) is 13.0. The molecule has 0 aliphatic carbocycles. The lowest BCUT2D eigenvalue weighted by atomic mass is 10.2. The number of anilines is 1. The molecule has 0 radical (unpaired) electrons. The minimum atomic E-state index is -3.56. The molecule has 7 nitrogen and oxygen atoms in total. The van der Waals surface area contributed by atoms with E-state index in [4.69, 9.17) is 11.6 Å². The van der Waals surface area contributed by atoms with Crippen molar-refractivity contribution in [3.63, 3.8) is 0 Å². The van der Waals surface area contributed by atoms with Crippen molar-refractivity contribution in [3.8, 4) is 0 Å². The summed E-state index contributed by atoms with van der Waals surface area (Å²) in [6.45, 7) is 0. The van der Waals surface area contributed by atoms with Crippen molar-refractivity contribution in [1.82, 2.24) is 0 Å². The monoisotopic (exact) mass is 398 g/mol. The first-order valence-corrected chi connectivity index (χ1v) is 9.27. The first-order valence-electron chi connectivity index (χ1n) is 7.00. The molecule has 0 spiro atoms. The third kappa shape index (κ3) is 4.87. The van der Waals surface area contributed by atoms with Gasteiger partial charge in [0.25, 0.3) is 5.69 Å². The number of halogens is 2. The van der Waals surface area contributed by atoms with Gasteiger partial charge in [-0.25, -0.2) is 12.8 Å². The molecule has 10 heteroatoms. The topological polar surface area (TPSA) is 106 Å². The quantitative estimate of drug-likeness (QED) is 0.359. The van der Waals surface area contributed by atoms with E-state index in [-0.39, 0.29) is 21.3 Å². The number of nitrogens with one attached hydrogen (secondary N) is 1. The lowest BCUT2D eigenvalue weighted by Crippen LogP contribution is -2.10. The SMILES string of the molecule is CS(=O)(=O)c1ccc(F)c(NC(=O)/C=C/c2ccc(Cl)c([N+](=O)[O-])c2)c1. The highest BCUT2D eigenvalue weighted by Crippen LogP contribution is 2.25. The molecule has 0 heterocycles. The summed E-state index contributed by atoms with van der Waals surface area (Å²) in [4.78, 5) is 21.9. The van der Waals surface area contributed by atoms with E-state index in [9.17, 15) is 27.7 Å². The first-order chi connectivity index (χ1) is 12.1. The Morgan fingerprint density at radius 3 is 2.58 bits per heavy atom. The van der Waals surface area contributed by atoms with Crippen LogP contribution in [0.1, 0.15) is 5.56 Å². The fourth-order valence-electron chi connectivity index (χ4n) is 1.95. The van der Waals surface area contributed by atoms with Crippen molar-refractivity contribution in [1.29, 1.82) is 0 Å². The number of nitro benzene ring substituents is 1. The summed E-state index contributed by atoms with van der Waals surface area (Å²) in [6, 6.07) is 6.97. The Bertz CT molecular complexity index is 1020. The van der Waals surface area contributed by atoms with E-state index in [1.165, 1.54) is 24.3 Å². The number of carbonyl (C=O) groups is 1. The van der Waals surface area contributed by atoms with Gasteiger partial charge in [-0.05, 0) is 35.9 Å². The molecule has 1 N–H and O–H groups in total. The van der Waals surface area contributed by atoms with Crippen molar-refractivity contribution in [2.24, 2.45) is 0 Å². The average Bonchev–Trinajstić information content (AvgIpc) is 2.54. The second-order valence-corrected chi connectivity index (χ2v) is 7.63. The van der Waals surface area contributed by atoms with Crippen molar-refractivity contribution in [2.45, 2.75) is 4.90 Å². The molecule has 2 rings (SSSR count). The standard InChI is InChI=1S/C16H12ClFN2O5S/c1-26(24,25)11-4-6-13(18)14(9-11)19-16(21)7-3-10-2-5-12(17)15(8-10)20(22)23/h2-9H,1H3,(H,19,21)/b7-3+. The molecular formula is C16H12ClFN2O5S. The summed E-state index contributed by atoms with van der Waals surface area (Å²) in [6.07, 6.45) is 3.26. The summed E-state index contributed by atoms with van der Waals surface area (Å²) in [5.74, 6) is -1.55. The fraction of sp³-hybridized carbons (Fsp3) is 0.0625. The van der Waals surface area contributed by atoms with Gasteiger partial charge in [-0.15, -0.1) is 0 Å². The van der Waals surface area contributed by atoms with E-state index in [1.807, 2.05) is 0 Å². The molecule has 0 fully saturated rings. The minimum absolute atomic E-state index is 0.0451. The zero-order chi connectivity index (χ0) is 19.5. The second-order valence-electron chi connectivity index (χ2n) is 5.20. The van der Waals surface area contributed by atoms with Crippen LogP contribution in [0.15, 0.2) is 47.4 Å². The van der Waals surface area contributed by atoms with Gasteiger partial charge in [-0.2, -0.15) is 0 Å². The zero-order valence-corrected chi connectivity index (χ0v) is 14.8. The Labute approximate surface area is 153 Å². The van der Waals surface area contributed by atoms with Crippen molar-refractivity contribution in [2.75, 3.05) is 11.6 Å². The molecule has 0 aromatic heterocycles. The third-order valence-electron chi connectivity index (χ3n) is 3.22. The lowest BCUT2D eigenvalue weighted by molar-refractivity contribution is -0.384. The predicted octanol–water partition coefficient (Wildman–Crippen LogP) is 3.44. The third-order valence-corrected chi connectivity index (χ3v) is 4.65. The molecule has 0 saturated heterocycles. The van der Waals surface area contributed by atoms with E-state index < -0.39 is 26.5 Å². The molecule has 2 aromatic rings. The number of hydrogen-bond donors (Lipinski definition) is 1. The molecule has 0 aliphatic rings. The lowest BCUT2D eigenvalue weighted by Gasteiger charge is -2.06. The molecule has 0 aliphatic heterocycles. The number of nitrogens with zero attached hydrogens (tertiary/aromatic N) is 1. The maximum Gasteiger partial charge on any atom is 0.288 e. The van der Waals surface area contributed by atoms with E-state index >= 15 is 0 Å². The van der Waals surface area contributed by atoms with E-state index in [2.05, 4.69) is 5.32 Å². The molecule has 0 unspecified atom stereocenters. The molecule has 0 saturated carbocycles. The Morgan fingerprint density at radius 1 is 1.27 bits per heavy atom. The second kappa shape index (κ2) is 7.63. The number of nitro groups is 1. The Balaban J connectivity index is 2.20. The number of carbonyl (C=O) groups excluding carboxylic acids is 1. The molecule has 0 bridgehead atoms. The van der Waals surface area contributed by atoms with Gasteiger partial charge in [0.05, 0.1) is 15.5 Å². The van der Waals surface area contributed by atoms with Crippen LogP contribution in [0.25, 0.3) is 6.08 Å². The largest absolute Gasteiger partial charge is 0.320 e. The molecule has 0 atom stereocenters. The van der Waals surface area contributed by atoms with Crippen LogP contribution in [0.4, 0.5) is 15.8 Å². The van der Waals surface area contributed by atoms with Gasteiger partial charge in [-0.3, -0.25) is 14.9 Å². The first kappa shape index (κ1) is 19.5. The maximum absolute atomic E-state index is 13.7. The van der Waals surface area contributed by atoms with Gasteiger partial charge in [0.2, 0.25) is 5.91 Å². The Hall–Kier alpha value is -2.78. The number of benzene rings is 2. The van der Waals surface area contributed by atoms with E-state index in [1.54, 1.807) is 0 Å². The normalized spacial score (nSPS) is 11.5. The highest BCUT2D eigenvalue weighted by molar-refractivity contribution is 7.90. The summed E-state index contributed by atoms with van der Waals surface area (Å²) in [7, 11) is -3.56. The van der Waals surface area contributed by atoms with Crippen LogP contribution in [0.5, 0.6) is 0 Å². The van der Waals surface area contributed by atoms with Crippen molar-refractivity contribution in [3.05, 3.63) is 69.0 Å². The number of sulfone groups is 1. The number of hydrogen-bond acceptors (Lipinski definition) is 5. The van der Waals surface area contributed by atoms with Gasteiger partial charge in [0, 0.05) is 18.4 Å². The van der Waals surface area contributed by atoms with Crippen LogP contribution in [0, 0.1) is 15.9 Å². The van der Waals surface area contributed by atoms with Gasteiger partial charge in [-0.1, -0.05) is 17.7 Å². The Morgan fingerprint density at radius 2 is 1.96 bits per heavy atom. The van der Waals surface area contributed by atoms with Crippen LogP contribution in [-0.4, -0.2) is 25.5 Å². The highest BCUT2D eigenvalue weighted by Gasteiger charge is 2.13. The number of rotatable bonds is 5. The summed E-state index contributed by atoms with van der Waals surface area (Å²) in [5.41, 5.74) is -0.285. The van der Waals surface area contributed by atoms with Crippen LogP contribution in [0.2, 0.25) is 5.02 Å². The van der Waals surface area contributed by atoms with Crippen molar-refractivity contribution >= 4 is 44.8 Å². The minimum Gasteiger partial charge on any atom is -0.320 e. The predicted molar refractivity (Wildman–Crippen MR) is 95.3 cm³/mol.